The van der Waals surface area contributed by atoms with Gasteiger partial charge in [0.25, 0.3) is 0 Å². The van der Waals surface area contributed by atoms with E-state index in [0.717, 1.165) is 64.4 Å². The molecular formula is C16H34IN3O2. The molecule has 22 heavy (non-hydrogen) atoms. The van der Waals surface area contributed by atoms with Crippen molar-refractivity contribution in [1.29, 1.82) is 0 Å². The molecule has 0 amide bonds. The number of guanidine groups is 1. The summed E-state index contributed by atoms with van der Waals surface area (Å²) in [4.78, 5) is 4.59. The van der Waals surface area contributed by atoms with E-state index in [4.69, 9.17) is 4.74 Å². The van der Waals surface area contributed by atoms with Gasteiger partial charge in [0.2, 0.25) is 0 Å². The molecule has 0 bridgehead atoms. The topological polar surface area (TPSA) is 65.9 Å². The van der Waals surface area contributed by atoms with E-state index >= 15 is 0 Å². The maximum atomic E-state index is 9.82. The van der Waals surface area contributed by atoms with E-state index in [2.05, 4.69) is 29.5 Å². The Morgan fingerprint density at radius 3 is 2.59 bits per heavy atom. The number of hydrogen-bond donors (Lipinski definition) is 3. The van der Waals surface area contributed by atoms with Crippen molar-refractivity contribution < 1.29 is 9.84 Å². The van der Waals surface area contributed by atoms with E-state index in [1.165, 1.54) is 6.42 Å². The third-order valence-electron chi connectivity index (χ3n) is 3.85. The summed E-state index contributed by atoms with van der Waals surface area (Å²) in [6.45, 7) is 8.33. The molecule has 0 spiro atoms. The van der Waals surface area contributed by atoms with Crippen molar-refractivity contribution in [3.8, 4) is 0 Å². The lowest BCUT2D eigenvalue weighted by molar-refractivity contribution is 0.129. The Hall–Kier alpha value is -0.0800. The van der Waals surface area contributed by atoms with Crippen LogP contribution in [-0.4, -0.2) is 50.0 Å². The zero-order valence-corrected chi connectivity index (χ0v) is 16.5. The van der Waals surface area contributed by atoms with Gasteiger partial charge in [-0.3, -0.25) is 4.99 Å². The van der Waals surface area contributed by atoms with Crippen LogP contribution in [0.5, 0.6) is 0 Å². The Labute approximate surface area is 152 Å². The lowest BCUT2D eigenvalue weighted by Gasteiger charge is -2.15. The van der Waals surface area contributed by atoms with Crippen LogP contribution in [0.1, 0.15) is 52.4 Å². The van der Waals surface area contributed by atoms with Crippen LogP contribution in [0.2, 0.25) is 0 Å². The monoisotopic (exact) mass is 427 g/mol. The Bertz CT molecular complexity index is 291. The highest BCUT2D eigenvalue weighted by Crippen LogP contribution is 2.25. The summed E-state index contributed by atoms with van der Waals surface area (Å²) in [6, 6.07) is 0. The van der Waals surface area contributed by atoms with Gasteiger partial charge in [-0.05, 0) is 32.6 Å². The summed E-state index contributed by atoms with van der Waals surface area (Å²) in [7, 11) is 0. The standard InChI is InChI=1S/C16H33N3O2.HI/c1-3-5-11-21-12-7-10-18-16(17-4-2)19-13-14-8-6-9-15(14)20;/h14-15,20H,3-13H2,1-2H3,(H2,17,18,19);1H. The minimum Gasteiger partial charge on any atom is -0.393 e. The van der Waals surface area contributed by atoms with Crippen LogP contribution in [0.4, 0.5) is 0 Å². The summed E-state index contributed by atoms with van der Waals surface area (Å²) in [5, 5.41) is 16.4. The lowest BCUT2D eigenvalue weighted by Crippen LogP contribution is -2.38. The summed E-state index contributed by atoms with van der Waals surface area (Å²) < 4.78 is 5.54. The third kappa shape index (κ3) is 9.84. The number of unbranched alkanes of at least 4 members (excludes halogenated alkanes) is 1. The molecule has 0 aliphatic heterocycles. The first kappa shape index (κ1) is 21.9. The molecule has 0 saturated heterocycles. The smallest absolute Gasteiger partial charge is 0.191 e. The zero-order valence-electron chi connectivity index (χ0n) is 14.1. The number of aliphatic hydroxyl groups is 1. The van der Waals surface area contributed by atoms with Crippen LogP contribution >= 0.6 is 24.0 Å². The van der Waals surface area contributed by atoms with Gasteiger partial charge in [0.15, 0.2) is 5.96 Å². The van der Waals surface area contributed by atoms with Crippen molar-refractivity contribution in [3.63, 3.8) is 0 Å². The molecule has 132 valence electrons. The van der Waals surface area contributed by atoms with E-state index < -0.39 is 0 Å². The number of ether oxygens (including phenoxy) is 1. The van der Waals surface area contributed by atoms with E-state index in [1.807, 2.05) is 0 Å². The van der Waals surface area contributed by atoms with Crippen LogP contribution < -0.4 is 10.6 Å². The van der Waals surface area contributed by atoms with Crippen LogP contribution in [0, 0.1) is 5.92 Å². The fourth-order valence-corrected chi connectivity index (χ4v) is 2.51. The third-order valence-corrected chi connectivity index (χ3v) is 3.85. The highest BCUT2D eigenvalue weighted by Gasteiger charge is 2.24. The second kappa shape index (κ2) is 14.5. The molecule has 1 aliphatic rings. The predicted molar refractivity (Wildman–Crippen MR) is 103 cm³/mol. The van der Waals surface area contributed by atoms with Gasteiger partial charge in [-0.25, -0.2) is 0 Å². The molecule has 2 unspecified atom stereocenters. The van der Waals surface area contributed by atoms with Gasteiger partial charge < -0.3 is 20.5 Å². The number of nitrogens with zero attached hydrogens (tertiary/aromatic N) is 1. The summed E-state index contributed by atoms with van der Waals surface area (Å²) >= 11 is 0. The quantitative estimate of drug-likeness (QED) is 0.217. The van der Waals surface area contributed by atoms with Gasteiger partial charge in [-0.1, -0.05) is 19.8 Å². The van der Waals surface area contributed by atoms with E-state index in [1.54, 1.807) is 0 Å². The van der Waals surface area contributed by atoms with Crippen molar-refractivity contribution in [2.75, 3.05) is 32.8 Å². The molecule has 1 aliphatic carbocycles. The van der Waals surface area contributed by atoms with Crippen molar-refractivity contribution in [1.82, 2.24) is 10.6 Å². The summed E-state index contributed by atoms with van der Waals surface area (Å²) in [6.07, 6.45) is 6.29. The molecule has 5 nitrogen and oxygen atoms in total. The molecule has 0 aromatic rings. The average molecular weight is 427 g/mol. The van der Waals surface area contributed by atoms with E-state index in [-0.39, 0.29) is 30.1 Å². The number of halogens is 1. The van der Waals surface area contributed by atoms with Gasteiger partial charge in [-0.2, -0.15) is 0 Å². The van der Waals surface area contributed by atoms with Crippen molar-refractivity contribution in [3.05, 3.63) is 0 Å². The fraction of sp³-hybridized carbons (Fsp3) is 0.938. The summed E-state index contributed by atoms with van der Waals surface area (Å²) in [5.41, 5.74) is 0. The predicted octanol–water partition coefficient (Wildman–Crippen LogP) is 2.53. The SMILES string of the molecule is CCCCOCCCNC(=NCC1CCCC1O)NCC.I. The Morgan fingerprint density at radius 1 is 1.18 bits per heavy atom. The normalized spacial score (nSPS) is 21.5. The first-order chi connectivity index (χ1) is 10.3. The molecule has 0 aromatic carbocycles. The molecule has 0 radical (unpaired) electrons. The van der Waals surface area contributed by atoms with Gasteiger partial charge in [0, 0.05) is 38.8 Å². The van der Waals surface area contributed by atoms with Gasteiger partial charge in [0.1, 0.15) is 0 Å². The van der Waals surface area contributed by atoms with Crippen LogP contribution in [-0.2, 0) is 4.74 Å². The minimum absolute atomic E-state index is 0. The highest BCUT2D eigenvalue weighted by atomic mass is 127. The molecule has 3 N–H and O–H groups in total. The number of aliphatic hydroxyl groups excluding tert-OH is 1. The molecular weight excluding hydrogens is 393 g/mol. The van der Waals surface area contributed by atoms with Crippen LogP contribution in [0.15, 0.2) is 4.99 Å². The Morgan fingerprint density at radius 2 is 1.95 bits per heavy atom. The summed E-state index contributed by atoms with van der Waals surface area (Å²) in [5.74, 6) is 1.18. The molecule has 0 aromatic heterocycles. The van der Waals surface area contributed by atoms with Gasteiger partial charge in [0.05, 0.1) is 6.10 Å². The molecule has 1 rings (SSSR count). The maximum absolute atomic E-state index is 9.82. The zero-order chi connectivity index (χ0) is 15.3. The van der Waals surface area contributed by atoms with E-state index in [0.29, 0.717) is 12.5 Å². The first-order valence-corrected chi connectivity index (χ1v) is 8.55. The average Bonchev–Trinajstić information content (AvgIpc) is 2.89. The van der Waals surface area contributed by atoms with Crippen molar-refractivity contribution >= 4 is 29.9 Å². The second-order valence-corrected chi connectivity index (χ2v) is 5.72. The number of hydrogen-bond acceptors (Lipinski definition) is 3. The largest absolute Gasteiger partial charge is 0.393 e. The second-order valence-electron chi connectivity index (χ2n) is 5.72. The highest BCUT2D eigenvalue weighted by molar-refractivity contribution is 14.0. The molecule has 6 heteroatoms. The molecule has 1 saturated carbocycles. The number of aliphatic imine (C=N–C) groups is 1. The number of nitrogens with one attached hydrogen (secondary N) is 2. The molecule has 0 heterocycles. The van der Waals surface area contributed by atoms with Crippen molar-refractivity contribution in [2.24, 2.45) is 10.9 Å². The minimum atomic E-state index is -0.163. The maximum Gasteiger partial charge on any atom is 0.191 e. The first-order valence-electron chi connectivity index (χ1n) is 8.55. The lowest BCUT2D eigenvalue weighted by atomic mass is 10.1. The van der Waals surface area contributed by atoms with Crippen LogP contribution in [0.3, 0.4) is 0 Å². The van der Waals surface area contributed by atoms with Crippen LogP contribution in [0.25, 0.3) is 0 Å². The van der Waals surface area contributed by atoms with Gasteiger partial charge in [-0.15, -0.1) is 24.0 Å². The van der Waals surface area contributed by atoms with Crippen molar-refractivity contribution in [2.45, 2.75) is 58.5 Å². The molecule has 2 atom stereocenters. The number of rotatable bonds is 10. The van der Waals surface area contributed by atoms with Gasteiger partial charge >= 0.3 is 0 Å². The Kier molecular flexibility index (Phi) is 14.5. The Balaban J connectivity index is 0.00000441. The van der Waals surface area contributed by atoms with E-state index in [9.17, 15) is 5.11 Å². The molecule has 1 fully saturated rings. The fourth-order valence-electron chi connectivity index (χ4n) is 2.51.